The van der Waals surface area contributed by atoms with Crippen molar-refractivity contribution in [1.82, 2.24) is 10.6 Å². The van der Waals surface area contributed by atoms with Crippen LogP contribution in [0.25, 0.3) is 0 Å². The minimum atomic E-state index is -1.79. The molecule has 2 amide bonds. The summed E-state index contributed by atoms with van der Waals surface area (Å²) in [6.07, 6.45) is 4.54. The highest BCUT2D eigenvalue weighted by molar-refractivity contribution is 7.80. The lowest BCUT2D eigenvalue weighted by atomic mass is 10.1. The van der Waals surface area contributed by atoms with Crippen LogP contribution in [0.1, 0.15) is 52.4 Å². The zero-order valence-electron chi connectivity index (χ0n) is 16.5. The lowest BCUT2D eigenvalue weighted by Gasteiger charge is -2.27. The Bertz CT molecular complexity index is 681. The van der Waals surface area contributed by atoms with Crippen LogP contribution in [0.3, 0.4) is 0 Å². The number of hydrogen-bond acceptors (Lipinski definition) is 3. The normalized spacial score (nSPS) is 12.0. The van der Waals surface area contributed by atoms with Crippen molar-refractivity contribution in [3.8, 4) is 0 Å². The molecule has 29 heavy (non-hydrogen) atoms. The molecule has 6 nitrogen and oxygen atoms in total. The molecule has 1 rings (SSSR count). The van der Waals surface area contributed by atoms with Gasteiger partial charge in [-0.2, -0.15) is 0 Å². The Labute approximate surface area is 192 Å². The average molecular weight is 482 g/mol. The SMILES string of the molecule is CCCCCCCC(=O)N[C@H](NC(=S)Nc1ccc(NC(C)=O)cc1)C(Cl)(Cl)Cl. The van der Waals surface area contributed by atoms with E-state index < -0.39 is 9.96 Å². The van der Waals surface area contributed by atoms with Gasteiger partial charge in [-0.05, 0) is 42.9 Å². The van der Waals surface area contributed by atoms with Crippen LogP contribution in [0.5, 0.6) is 0 Å². The van der Waals surface area contributed by atoms with Gasteiger partial charge in [-0.25, -0.2) is 0 Å². The lowest BCUT2D eigenvalue weighted by molar-refractivity contribution is -0.122. The molecule has 10 heteroatoms. The molecule has 0 radical (unpaired) electrons. The van der Waals surface area contributed by atoms with Crippen molar-refractivity contribution in [1.29, 1.82) is 0 Å². The van der Waals surface area contributed by atoms with Gasteiger partial charge in [0, 0.05) is 24.7 Å². The predicted molar refractivity (Wildman–Crippen MR) is 126 cm³/mol. The summed E-state index contributed by atoms with van der Waals surface area (Å²) in [7, 11) is 0. The van der Waals surface area contributed by atoms with Crippen molar-refractivity contribution < 1.29 is 9.59 Å². The molecule has 0 fully saturated rings. The number of unbranched alkanes of at least 4 members (excludes halogenated alkanes) is 4. The first kappa shape index (κ1) is 25.8. The topological polar surface area (TPSA) is 82.3 Å². The fourth-order valence-electron chi connectivity index (χ4n) is 2.46. The monoisotopic (exact) mass is 480 g/mol. The quantitative estimate of drug-likeness (QED) is 0.162. The summed E-state index contributed by atoms with van der Waals surface area (Å²) in [4.78, 5) is 23.2. The fraction of sp³-hybridized carbons (Fsp3) is 0.526. The van der Waals surface area contributed by atoms with E-state index in [4.69, 9.17) is 47.0 Å². The Morgan fingerprint density at radius 1 is 0.966 bits per heavy atom. The Morgan fingerprint density at radius 2 is 1.52 bits per heavy atom. The highest BCUT2D eigenvalue weighted by Crippen LogP contribution is 2.29. The van der Waals surface area contributed by atoms with E-state index in [2.05, 4.69) is 28.2 Å². The number of amides is 2. The molecule has 4 N–H and O–H groups in total. The maximum atomic E-state index is 12.2. The molecule has 0 aliphatic rings. The highest BCUT2D eigenvalue weighted by atomic mass is 35.6. The second kappa shape index (κ2) is 13.1. The number of rotatable bonds is 10. The third-order valence-electron chi connectivity index (χ3n) is 3.88. The summed E-state index contributed by atoms with van der Waals surface area (Å²) in [5, 5.41) is 11.3. The van der Waals surface area contributed by atoms with Gasteiger partial charge in [-0.15, -0.1) is 0 Å². The van der Waals surface area contributed by atoms with E-state index in [-0.39, 0.29) is 16.9 Å². The average Bonchev–Trinajstić information content (AvgIpc) is 2.61. The largest absolute Gasteiger partial charge is 0.339 e. The second-order valence-corrected chi connectivity index (χ2v) is 9.34. The van der Waals surface area contributed by atoms with Crippen molar-refractivity contribution in [2.75, 3.05) is 10.6 Å². The number of thiocarbonyl (C=S) groups is 1. The van der Waals surface area contributed by atoms with Gasteiger partial charge in [-0.3, -0.25) is 9.59 Å². The second-order valence-electron chi connectivity index (χ2n) is 6.56. The van der Waals surface area contributed by atoms with E-state index >= 15 is 0 Å². The van der Waals surface area contributed by atoms with Gasteiger partial charge in [0.05, 0.1) is 0 Å². The van der Waals surface area contributed by atoms with E-state index in [1.807, 2.05) is 0 Å². The molecular weight excluding hydrogens is 455 g/mol. The van der Waals surface area contributed by atoms with Crippen LogP contribution in [0, 0.1) is 0 Å². The van der Waals surface area contributed by atoms with Crippen molar-refractivity contribution in [3.05, 3.63) is 24.3 Å². The van der Waals surface area contributed by atoms with Crippen molar-refractivity contribution in [2.45, 2.75) is 62.3 Å². The number of nitrogens with one attached hydrogen (secondary N) is 4. The molecule has 162 valence electrons. The van der Waals surface area contributed by atoms with E-state index in [1.54, 1.807) is 24.3 Å². The summed E-state index contributed by atoms with van der Waals surface area (Å²) in [5.74, 6) is -0.373. The van der Waals surface area contributed by atoms with Gasteiger partial charge in [0.2, 0.25) is 15.6 Å². The van der Waals surface area contributed by atoms with Crippen LogP contribution in [0.4, 0.5) is 11.4 Å². The smallest absolute Gasteiger partial charge is 0.228 e. The summed E-state index contributed by atoms with van der Waals surface area (Å²) in [6, 6.07) is 6.91. The summed E-state index contributed by atoms with van der Waals surface area (Å²) in [5.41, 5.74) is 1.33. The standard InChI is InChI=1S/C19H27Cl3N4O2S/c1-3-4-5-6-7-8-16(28)25-17(19(20,21)22)26-18(29)24-15-11-9-14(10-12-15)23-13(2)27/h9-12,17H,3-8H2,1-2H3,(H,23,27)(H,25,28)(H2,24,26,29)/t17-/m1/s1. The van der Waals surface area contributed by atoms with Gasteiger partial charge in [-0.1, -0.05) is 67.4 Å². The summed E-state index contributed by atoms with van der Waals surface area (Å²) < 4.78 is -1.79. The Hall–Kier alpha value is -1.28. The van der Waals surface area contributed by atoms with Crippen LogP contribution < -0.4 is 21.3 Å². The number of anilines is 2. The third-order valence-corrected chi connectivity index (χ3v) is 4.75. The zero-order chi connectivity index (χ0) is 21.9. The molecule has 0 aromatic heterocycles. The van der Waals surface area contributed by atoms with Crippen LogP contribution in [-0.2, 0) is 9.59 Å². The molecule has 0 spiro atoms. The zero-order valence-corrected chi connectivity index (χ0v) is 19.6. The molecule has 1 aromatic carbocycles. The number of carbonyl (C=O) groups is 2. The van der Waals surface area contributed by atoms with E-state index in [0.717, 1.165) is 32.1 Å². The van der Waals surface area contributed by atoms with Crippen molar-refractivity contribution >= 4 is 75.3 Å². The fourth-order valence-corrected chi connectivity index (χ4v) is 3.02. The van der Waals surface area contributed by atoms with Crippen LogP contribution in [0.2, 0.25) is 0 Å². The molecular formula is C19H27Cl3N4O2S. The first-order valence-electron chi connectivity index (χ1n) is 9.43. The maximum absolute atomic E-state index is 12.2. The Morgan fingerprint density at radius 3 is 2.03 bits per heavy atom. The van der Waals surface area contributed by atoms with Crippen LogP contribution in [0.15, 0.2) is 24.3 Å². The van der Waals surface area contributed by atoms with Gasteiger partial charge >= 0.3 is 0 Å². The van der Waals surface area contributed by atoms with Gasteiger partial charge < -0.3 is 21.3 Å². The van der Waals surface area contributed by atoms with Crippen LogP contribution in [-0.4, -0.2) is 26.9 Å². The van der Waals surface area contributed by atoms with Crippen molar-refractivity contribution in [2.24, 2.45) is 0 Å². The van der Waals surface area contributed by atoms with Gasteiger partial charge in [0.15, 0.2) is 5.11 Å². The molecule has 0 saturated carbocycles. The van der Waals surface area contributed by atoms with Gasteiger partial charge in [0.1, 0.15) is 6.17 Å². The van der Waals surface area contributed by atoms with Crippen molar-refractivity contribution in [3.63, 3.8) is 0 Å². The minimum absolute atomic E-state index is 0.158. The molecule has 1 aromatic rings. The number of alkyl halides is 3. The number of benzene rings is 1. The molecule has 0 aliphatic carbocycles. The number of halogens is 3. The molecule has 0 aliphatic heterocycles. The molecule has 0 unspecified atom stereocenters. The predicted octanol–water partition coefficient (Wildman–Crippen LogP) is 5.10. The third kappa shape index (κ3) is 11.5. The van der Waals surface area contributed by atoms with E-state index in [9.17, 15) is 9.59 Å². The van der Waals surface area contributed by atoms with Gasteiger partial charge in [0.25, 0.3) is 0 Å². The Kier molecular flexibility index (Phi) is 11.6. The Balaban J connectivity index is 2.56. The minimum Gasteiger partial charge on any atom is -0.339 e. The molecule has 1 atom stereocenters. The molecule has 0 saturated heterocycles. The summed E-state index contributed by atoms with van der Waals surface area (Å²) >= 11 is 23.2. The van der Waals surface area contributed by atoms with E-state index in [0.29, 0.717) is 17.8 Å². The number of carbonyl (C=O) groups excluding carboxylic acids is 2. The molecule has 0 heterocycles. The maximum Gasteiger partial charge on any atom is 0.228 e. The summed E-state index contributed by atoms with van der Waals surface area (Å²) in [6.45, 7) is 3.57. The van der Waals surface area contributed by atoms with E-state index in [1.165, 1.54) is 6.92 Å². The first-order chi connectivity index (χ1) is 13.6. The molecule has 0 bridgehead atoms. The van der Waals surface area contributed by atoms with Crippen LogP contribution >= 0.6 is 47.0 Å². The lowest BCUT2D eigenvalue weighted by Crippen LogP contribution is -2.56. The number of hydrogen-bond donors (Lipinski definition) is 4. The highest BCUT2D eigenvalue weighted by Gasteiger charge is 2.34. The first-order valence-corrected chi connectivity index (χ1v) is 11.0.